The van der Waals surface area contributed by atoms with Crippen molar-refractivity contribution in [1.29, 1.82) is 5.26 Å². The van der Waals surface area contributed by atoms with Crippen molar-refractivity contribution in [2.75, 3.05) is 0 Å². The van der Waals surface area contributed by atoms with Crippen molar-refractivity contribution < 1.29 is 14.6 Å². The molecule has 0 amide bonds. The van der Waals surface area contributed by atoms with E-state index < -0.39 is 5.97 Å². The van der Waals surface area contributed by atoms with E-state index in [4.69, 9.17) is 14.8 Å². The van der Waals surface area contributed by atoms with Crippen molar-refractivity contribution in [3.8, 4) is 11.8 Å². The van der Waals surface area contributed by atoms with Gasteiger partial charge in [0.05, 0.1) is 5.69 Å². The summed E-state index contributed by atoms with van der Waals surface area (Å²) in [5.74, 6) is 1.39. The molecule has 220 valence electrons. The van der Waals surface area contributed by atoms with Gasteiger partial charge < -0.3 is 9.84 Å². The molecule has 1 aromatic carbocycles. The third-order valence-corrected chi connectivity index (χ3v) is 8.47. The van der Waals surface area contributed by atoms with Crippen LogP contribution in [0.5, 0.6) is 5.75 Å². The van der Waals surface area contributed by atoms with Gasteiger partial charge in [0.1, 0.15) is 29.1 Å². The number of aliphatic imine (C=N–C) groups is 1. The van der Waals surface area contributed by atoms with Crippen molar-refractivity contribution in [3.05, 3.63) is 41.0 Å². The molecule has 1 saturated carbocycles. The van der Waals surface area contributed by atoms with Gasteiger partial charge in [-0.05, 0) is 60.3 Å². The molecule has 2 aliphatic rings. The number of fused-ring (bicyclic) bond motifs is 1. The molecule has 0 spiro atoms. The van der Waals surface area contributed by atoms with Crippen LogP contribution in [0.1, 0.15) is 99.3 Å². The number of allylic oxidation sites excluding steroid dienone is 1. The quantitative estimate of drug-likeness (QED) is 0.400. The normalized spacial score (nSPS) is 24.4. The van der Waals surface area contributed by atoms with Gasteiger partial charge in [0.2, 0.25) is 0 Å². The van der Waals surface area contributed by atoms with Crippen molar-refractivity contribution in [3.63, 3.8) is 0 Å². The number of carbonyl (C=O) groups is 1. The number of phenols is 1. The van der Waals surface area contributed by atoms with Gasteiger partial charge in [0.15, 0.2) is 17.5 Å². The zero-order chi connectivity index (χ0) is 30.7. The van der Waals surface area contributed by atoms with Gasteiger partial charge in [-0.15, -0.1) is 5.10 Å². The Hall–Kier alpha value is -3.47. The Morgan fingerprint density at radius 1 is 1.07 bits per heavy atom. The molecule has 8 heteroatoms. The molecule has 1 N–H and O–H groups in total. The first-order valence-electron chi connectivity index (χ1n) is 14.5. The lowest BCUT2D eigenvalue weighted by Gasteiger charge is -2.50. The SMILES string of the molecule is Cc1cc(O)ccc1/N=C1/C(C(=O)OC2C(C(C)(C)C)CC(C)CC2C(C)(C)C)=C(C#N)c2nc(C(C)(C)C)nn21. The Balaban J connectivity index is 1.88. The van der Waals surface area contributed by atoms with Crippen LogP contribution in [-0.4, -0.2) is 37.8 Å². The van der Waals surface area contributed by atoms with Gasteiger partial charge >= 0.3 is 5.97 Å². The standard InChI is InChI=1S/C33H45N5O3/c1-18-14-22(31(3,4)5)26(23(15-18)32(6,7)8)41-29(40)25-21(17-34)27-36-30(33(9,10)11)37-38(27)28(25)35-24-13-12-20(39)16-19(24)2/h12-13,16,18,22-23,26,39H,14-15H2,1-11H3/b35-28-. The summed E-state index contributed by atoms with van der Waals surface area (Å²) < 4.78 is 8.01. The topological polar surface area (TPSA) is 113 Å². The molecule has 0 saturated heterocycles. The number of ether oxygens (including phenoxy) is 1. The van der Waals surface area contributed by atoms with E-state index in [9.17, 15) is 15.2 Å². The highest BCUT2D eigenvalue weighted by Crippen LogP contribution is 2.50. The van der Waals surface area contributed by atoms with Gasteiger partial charge in [-0.2, -0.15) is 9.94 Å². The van der Waals surface area contributed by atoms with E-state index in [1.807, 2.05) is 27.7 Å². The number of nitrogens with zero attached hydrogens (tertiary/aromatic N) is 5. The van der Waals surface area contributed by atoms with Gasteiger partial charge in [0, 0.05) is 17.3 Å². The maximum Gasteiger partial charge on any atom is 0.343 e. The highest BCUT2D eigenvalue weighted by Gasteiger charge is 2.49. The molecule has 8 nitrogen and oxygen atoms in total. The van der Waals surface area contributed by atoms with E-state index in [1.54, 1.807) is 18.2 Å². The second kappa shape index (κ2) is 10.4. The fourth-order valence-electron chi connectivity index (χ4n) is 6.10. The van der Waals surface area contributed by atoms with Gasteiger partial charge in [-0.1, -0.05) is 69.2 Å². The molecule has 2 atom stereocenters. The van der Waals surface area contributed by atoms with Crippen LogP contribution in [0.3, 0.4) is 0 Å². The predicted octanol–water partition coefficient (Wildman–Crippen LogP) is 7.13. The molecule has 2 unspecified atom stereocenters. The van der Waals surface area contributed by atoms with Crippen molar-refractivity contribution in [2.45, 2.75) is 101 Å². The third-order valence-electron chi connectivity index (χ3n) is 8.47. The van der Waals surface area contributed by atoms with E-state index in [2.05, 4.69) is 59.5 Å². The lowest BCUT2D eigenvalue weighted by molar-refractivity contribution is -0.164. The monoisotopic (exact) mass is 559 g/mol. The van der Waals surface area contributed by atoms with Crippen molar-refractivity contribution in [2.24, 2.45) is 33.6 Å². The summed E-state index contributed by atoms with van der Waals surface area (Å²) in [7, 11) is 0. The van der Waals surface area contributed by atoms with Crippen LogP contribution in [-0.2, 0) is 14.9 Å². The Morgan fingerprint density at radius 2 is 1.66 bits per heavy atom. The van der Waals surface area contributed by atoms with Crippen molar-refractivity contribution in [1.82, 2.24) is 14.8 Å². The van der Waals surface area contributed by atoms with Crippen molar-refractivity contribution >= 4 is 23.1 Å². The molecule has 2 heterocycles. The van der Waals surface area contributed by atoms with Crippen LogP contribution in [0.15, 0.2) is 28.8 Å². The minimum absolute atomic E-state index is 0.0781. The Bertz CT molecular complexity index is 1430. The number of benzene rings is 1. The zero-order valence-corrected chi connectivity index (χ0v) is 26.5. The lowest BCUT2D eigenvalue weighted by Crippen LogP contribution is -2.49. The van der Waals surface area contributed by atoms with E-state index in [0.29, 0.717) is 17.4 Å². The Morgan fingerprint density at radius 3 is 2.15 bits per heavy atom. The third kappa shape index (κ3) is 5.95. The molecule has 41 heavy (non-hydrogen) atoms. The minimum Gasteiger partial charge on any atom is -0.508 e. The molecule has 1 aliphatic carbocycles. The number of aromatic nitrogens is 3. The molecule has 0 bridgehead atoms. The van der Waals surface area contributed by atoms with E-state index in [0.717, 1.165) is 18.4 Å². The number of nitriles is 1. The van der Waals surface area contributed by atoms with Crippen LogP contribution in [0.25, 0.3) is 5.57 Å². The van der Waals surface area contributed by atoms with Crippen LogP contribution < -0.4 is 0 Å². The largest absolute Gasteiger partial charge is 0.508 e. The van der Waals surface area contributed by atoms with E-state index in [1.165, 1.54) is 4.68 Å². The maximum absolute atomic E-state index is 14.3. The summed E-state index contributed by atoms with van der Waals surface area (Å²) in [5.41, 5.74) is 0.911. The first-order valence-corrected chi connectivity index (χ1v) is 14.5. The summed E-state index contributed by atoms with van der Waals surface area (Å²) in [5, 5.41) is 25.0. The fraction of sp³-hybridized carbons (Fsp3) is 0.606. The predicted molar refractivity (Wildman–Crippen MR) is 161 cm³/mol. The number of esters is 1. The number of hydrogen-bond donors (Lipinski definition) is 1. The Kier molecular flexibility index (Phi) is 7.75. The number of hydrogen-bond acceptors (Lipinski definition) is 7. The van der Waals surface area contributed by atoms with E-state index in [-0.39, 0.29) is 62.7 Å². The Labute approximate surface area is 244 Å². The molecular formula is C33H45N5O3. The van der Waals surface area contributed by atoms with Gasteiger partial charge in [-0.3, -0.25) is 0 Å². The first-order chi connectivity index (χ1) is 18.8. The average molecular weight is 560 g/mol. The number of rotatable bonds is 3. The van der Waals surface area contributed by atoms with Gasteiger partial charge in [-0.25, -0.2) is 14.8 Å². The number of aryl methyl sites for hydroxylation is 1. The summed E-state index contributed by atoms with van der Waals surface area (Å²) >= 11 is 0. The summed E-state index contributed by atoms with van der Waals surface area (Å²) in [6.45, 7) is 23.3. The molecule has 0 radical (unpaired) electrons. The first kappa shape index (κ1) is 30.5. The summed E-state index contributed by atoms with van der Waals surface area (Å²) in [6.07, 6.45) is 1.60. The second-order valence-electron chi connectivity index (χ2n) is 15.1. The molecule has 1 aliphatic heterocycles. The maximum atomic E-state index is 14.3. The van der Waals surface area contributed by atoms with Crippen LogP contribution >= 0.6 is 0 Å². The van der Waals surface area contributed by atoms with E-state index >= 15 is 0 Å². The number of carbonyl (C=O) groups excluding carboxylic acids is 1. The fourth-order valence-corrected chi connectivity index (χ4v) is 6.10. The lowest BCUT2D eigenvalue weighted by atomic mass is 9.59. The molecule has 1 aromatic heterocycles. The zero-order valence-electron chi connectivity index (χ0n) is 26.5. The van der Waals surface area contributed by atoms with Crippen LogP contribution in [0.4, 0.5) is 5.69 Å². The second-order valence-corrected chi connectivity index (χ2v) is 15.1. The smallest absolute Gasteiger partial charge is 0.343 e. The minimum atomic E-state index is -0.579. The molecule has 2 aromatic rings. The highest BCUT2D eigenvalue weighted by atomic mass is 16.5. The highest BCUT2D eigenvalue weighted by molar-refractivity contribution is 6.29. The van der Waals surface area contributed by atoms with Crippen LogP contribution in [0.2, 0.25) is 0 Å². The molecule has 1 fully saturated rings. The molecular weight excluding hydrogens is 514 g/mol. The van der Waals surface area contributed by atoms with Gasteiger partial charge in [0.25, 0.3) is 0 Å². The van der Waals surface area contributed by atoms with Crippen LogP contribution in [0, 0.1) is 46.8 Å². The number of aromatic hydroxyl groups is 1. The number of phenolic OH excluding ortho intramolecular Hbond substituents is 1. The summed E-state index contributed by atoms with van der Waals surface area (Å²) in [6, 6.07) is 7.05. The molecule has 4 rings (SSSR count). The summed E-state index contributed by atoms with van der Waals surface area (Å²) in [4.78, 5) is 23.8. The average Bonchev–Trinajstić information content (AvgIpc) is 3.38.